The number of aromatic nitrogens is 2. The molecule has 1 saturated carbocycles. The lowest BCUT2D eigenvalue weighted by molar-refractivity contribution is -0.140. The molecule has 0 radical (unpaired) electrons. The first kappa shape index (κ1) is 18.1. The van der Waals surface area contributed by atoms with Crippen LogP contribution in [0.1, 0.15) is 42.6 Å². The van der Waals surface area contributed by atoms with Crippen LogP contribution >= 0.6 is 11.6 Å². The van der Waals surface area contributed by atoms with Crippen molar-refractivity contribution in [1.29, 1.82) is 0 Å². The molecule has 7 nitrogen and oxygen atoms in total. The predicted molar refractivity (Wildman–Crippen MR) is 97.2 cm³/mol. The highest BCUT2D eigenvalue weighted by atomic mass is 35.5. The summed E-state index contributed by atoms with van der Waals surface area (Å²) < 4.78 is 5.50. The van der Waals surface area contributed by atoms with E-state index >= 15 is 0 Å². The summed E-state index contributed by atoms with van der Waals surface area (Å²) in [6, 6.07) is 9.25. The van der Waals surface area contributed by atoms with Crippen molar-refractivity contribution in [2.45, 2.75) is 37.7 Å². The normalized spacial score (nSPS) is 15.9. The van der Waals surface area contributed by atoms with E-state index in [1.807, 2.05) is 30.3 Å². The molecule has 3 N–H and O–H groups in total. The minimum absolute atomic E-state index is 0.0454. The molecule has 0 bridgehead atoms. The van der Waals surface area contributed by atoms with Gasteiger partial charge in [-0.2, -0.15) is 0 Å². The van der Waals surface area contributed by atoms with Gasteiger partial charge in [-0.15, -0.1) is 0 Å². The van der Waals surface area contributed by atoms with E-state index in [-0.39, 0.29) is 16.7 Å². The van der Waals surface area contributed by atoms with Crippen molar-refractivity contribution >= 4 is 35.1 Å². The summed E-state index contributed by atoms with van der Waals surface area (Å²) in [5, 5.41) is 3.03. The van der Waals surface area contributed by atoms with Crippen molar-refractivity contribution < 1.29 is 14.3 Å². The molecule has 1 heterocycles. The van der Waals surface area contributed by atoms with Crippen molar-refractivity contribution in [1.82, 2.24) is 9.97 Å². The Morgan fingerprint density at radius 3 is 2.50 bits per heavy atom. The monoisotopic (exact) mass is 374 g/mol. The number of nitrogens with zero attached hydrogens (tertiary/aromatic N) is 2. The Labute approximate surface area is 155 Å². The van der Waals surface area contributed by atoms with Gasteiger partial charge < -0.3 is 15.8 Å². The molecule has 136 valence electrons. The van der Waals surface area contributed by atoms with Crippen LogP contribution in [0.4, 0.5) is 11.6 Å². The molecule has 0 atom stereocenters. The van der Waals surface area contributed by atoms with E-state index in [4.69, 9.17) is 22.1 Å². The molecule has 1 aromatic heterocycles. The van der Waals surface area contributed by atoms with Gasteiger partial charge in [0.2, 0.25) is 5.95 Å². The molecule has 2 aromatic rings. The van der Waals surface area contributed by atoms with E-state index in [0.717, 1.165) is 24.9 Å². The second-order valence-electron chi connectivity index (χ2n) is 6.19. The lowest BCUT2D eigenvalue weighted by Crippen LogP contribution is -2.49. The van der Waals surface area contributed by atoms with Crippen molar-refractivity contribution in [2.24, 2.45) is 5.73 Å². The molecule has 0 saturated heterocycles. The Morgan fingerprint density at radius 1 is 1.15 bits per heavy atom. The van der Waals surface area contributed by atoms with Gasteiger partial charge in [0.05, 0.1) is 11.2 Å². The lowest BCUT2D eigenvalue weighted by Gasteiger charge is -2.33. The number of benzene rings is 1. The zero-order valence-corrected chi connectivity index (χ0v) is 14.8. The number of primary amides is 1. The Bertz CT molecular complexity index is 807. The number of ether oxygens (including phenoxy) is 1. The summed E-state index contributed by atoms with van der Waals surface area (Å²) >= 11 is 6.07. The van der Waals surface area contributed by atoms with Crippen LogP contribution in [0.3, 0.4) is 0 Å². The van der Waals surface area contributed by atoms with E-state index < -0.39 is 17.5 Å². The van der Waals surface area contributed by atoms with Gasteiger partial charge in [0, 0.05) is 5.69 Å². The minimum atomic E-state index is -1.30. The summed E-state index contributed by atoms with van der Waals surface area (Å²) in [6.07, 6.45) is 4.65. The van der Waals surface area contributed by atoms with Gasteiger partial charge >= 0.3 is 5.97 Å². The summed E-state index contributed by atoms with van der Waals surface area (Å²) in [4.78, 5) is 32.7. The number of para-hydroxylation sites is 1. The molecular formula is C18H19ClN4O3. The first-order chi connectivity index (χ1) is 12.5. The maximum Gasteiger partial charge on any atom is 0.359 e. The first-order valence-corrected chi connectivity index (χ1v) is 8.76. The van der Waals surface area contributed by atoms with Gasteiger partial charge in [0.25, 0.3) is 5.91 Å². The first-order valence-electron chi connectivity index (χ1n) is 8.38. The molecule has 0 spiro atoms. The highest BCUT2D eigenvalue weighted by Crippen LogP contribution is 2.33. The summed E-state index contributed by atoms with van der Waals surface area (Å²) in [5.74, 6) is -1.23. The second kappa shape index (κ2) is 7.70. The van der Waals surface area contributed by atoms with Crippen LogP contribution in [0.5, 0.6) is 0 Å². The molecule has 8 heteroatoms. The number of hydrogen-bond acceptors (Lipinski definition) is 6. The van der Waals surface area contributed by atoms with Crippen LogP contribution < -0.4 is 11.1 Å². The van der Waals surface area contributed by atoms with Crippen LogP contribution in [0.15, 0.2) is 36.5 Å². The Kier molecular flexibility index (Phi) is 5.37. The van der Waals surface area contributed by atoms with E-state index in [1.54, 1.807) is 0 Å². The zero-order valence-electron chi connectivity index (χ0n) is 14.1. The topological polar surface area (TPSA) is 107 Å². The number of rotatable bonds is 5. The van der Waals surface area contributed by atoms with E-state index in [2.05, 4.69) is 15.3 Å². The SMILES string of the molecule is NC(=O)C1(OC(=O)c2nc(Nc3ccccc3)ncc2Cl)CCCCC1. The molecule has 0 unspecified atom stereocenters. The predicted octanol–water partition coefficient (Wildman–Crippen LogP) is 3.22. The fourth-order valence-corrected chi connectivity index (χ4v) is 3.14. The van der Waals surface area contributed by atoms with Crippen molar-refractivity contribution in [3.8, 4) is 0 Å². The van der Waals surface area contributed by atoms with Crippen molar-refractivity contribution in [3.63, 3.8) is 0 Å². The highest BCUT2D eigenvalue weighted by molar-refractivity contribution is 6.33. The molecular weight excluding hydrogens is 356 g/mol. The molecule has 26 heavy (non-hydrogen) atoms. The minimum Gasteiger partial charge on any atom is -0.444 e. The van der Waals surface area contributed by atoms with Crippen LogP contribution in [0.25, 0.3) is 0 Å². The smallest absolute Gasteiger partial charge is 0.359 e. The highest BCUT2D eigenvalue weighted by Gasteiger charge is 2.42. The number of nitrogens with one attached hydrogen (secondary N) is 1. The molecule has 1 fully saturated rings. The van der Waals surface area contributed by atoms with Gasteiger partial charge in [-0.25, -0.2) is 14.8 Å². The fourth-order valence-electron chi connectivity index (χ4n) is 2.97. The quantitative estimate of drug-likeness (QED) is 0.778. The molecule has 0 aliphatic heterocycles. The second-order valence-corrected chi connectivity index (χ2v) is 6.60. The van der Waals surface area contributed by atoms with E-state index in [1.165, 1.54) is 6.20 Å². The van der Waals surface area contributed by atoms with Crippen molar-refractivity contribution in [3.05, 3.63) is 47.2 Å². The van der Waals surface area contributed by atoms with Crippen LogP contribution in [-0.4, -0.2) is 27.4 Å². The Morgan fingerprint density at radius 2 is 1.85 bits per heavy atom. The van der Waals surface area contributed by atoms with E-state index in [0.29, 0.717) is 12.8 Å². The summed E-state index contributed by atoms with van der Waals surface area (Å²) in [6.45, 7) is 0. The van der Waals surface area contributed by atoms with E-state index in [9.17, 15) is 9.59 Å². The summed E-state index contributed by atoms with van der Waals surface area (Å²) in [7, 11) is 0. The third kappa shape index (κ3) is 3.94. The Balaban J connectivity index is 1.82. The maximum atomic E-state index is 12.6. The number of esters is 1. The maximum absolute atomic E-state index is 12.6. The largest absolute Gasteiger partial charge is 0.444 e. The van der Waals surface area contributed by atoms with Gasteiger partial charge in [-0.1, -0.05) is 36.2 Å². The fraction of sp³-hybridized carbons (Fsp3) is 0.333. The van der Waals surface area contributed by atoms with Gasteiger partial charge in [0.15, 0.2) is 11.3 Å². The number of hydrogen-bond donors (Lipinski definition) is 2. The number of halogens is 1. The van der Waals surface area contributed by atoms with Crippen LogP contribution in [0.2, 0.25) is 5.02 Å². The third-order valence-electron chi connectivity index (χ3n) is 4.37. The molecule has 1 aliphatic carbocycles. The van der Waals surface area contributed by atoms with Gasteiger partial charge in [-0.3, -0.25) is 4.79 Å². The third-order valence-corrected chi connectivity index (χ3v) is 4.64. The molecule has 1 aliphatic rings. The Hall–Kier alpha value is -2.67. The molecule has 3 rings (SSSR count). The number of carbonyl (C=O) groups excluding carboxylic acids is 2. The average molecular weight is 375 g/mol. The lowest BCUT2D eigenvalue weighted by atomic mass is 9.84. The number of carbonyl (C=O) groups is 2. The van der Waals surface area contributed by atoms with Gasteiger partial charge in [0.1, 0.15) is 0 Å². The zero-order chi connectivity index (χ0) is 18.6. The van der Waals surface area contributed by atoms with Gasteiger partial charge in [-0.05, 0) is 37.8 Å². The van der Waals surface area contributed by atoms with Crippen LogP contribution in [0, 0.1) is 0 Å². The number of anilines is 2. The molecule has 1 aromatic carbocycles. The van der Waals surface area contributed by atoms with Crippen molar-refractivity contribution in [2.75, 3.05) is 5.32 Å². The molecule has 1 amide bonds. The number of nitrogens with two attached hydrogens (primary N) is 1. The van der Waals surface area contributed by atoms with Crippen LogP contribution in [-0.2, 0) is 9.53 Å². The summed E-state index contributed by atoms with van der Waals surface area (Å²) in [5.41, 5.74) is 4.86. The number of amides is 1. The average Bonchev–Trinajstić information content (AvgIpc) is 2.64. The standard InChI is InChI=1S/C18H19ClN4O3/c19-13-11-21-17(22-12-7-3-1-4-8-12)23-14(13)15(24)26-18(16(20)25)9-5-2-6-10-18/h1,3-4,7-8,11H,2,5-6,9-10H2,(H2,20,25)(H,21,22,23).